The fraction of sp³-hybridized carbons (Fsp3) is 0.0667. The minimum atomic E-state index is -0.485. The Morgan fingerprint density at radius 2 is 2.05 bits per heavy atom. The Morgan fingerprint density at radius 1 is 1.23 bits per heavy atom. The van der Waals surface area contributed by atoms with Crippen molar-refractivity contribution in [3.8, 4) is 11.3 Å². The molecular formula is C15H12N4O3. The Labute approximate surface area is 125 Å². The lowest BCUT2D eigenvalue weighted by Gasteiger charge is -2.02. The summed E-state index contributed by atoms with van der Waals surface area (Å²) < 4.78 is 4.56. The van der Waals surface area contributed by atoms with E-state index in [0.717, 1.165) is 5.56 Å². The first-order valence-electron chi connectivity index (χ1n) is 6.58. The molecule has 2 heterocycles. The highest BCUT2D eigenvalue weighted by atomic mass is 16.8. The monoisotopic (exact) mass is 296 g/mol. The van der Waals surface area contributed by atoms with E-state index < -0.39 is 5.91 Å². The third kappa shape index (κ3) is 2.78. The molecule has 22 heavy (non-hydrogen) atoms. The van der Waals surface area contributed by atoms with Crippen LogP contribution in [0.5, 0.6) is 0 Å². The summed E-state index contributed by atoms with van der Waals surface area (Å²) in [4.78, 5) is 16.4. The molecule has 7 heteroatoms. The fourth-order valence-corrected chi connectivity index (χ4v) is 2.00. The standard InChI is InChI=1S/C15H12N4O3/c20-15(17-10-11-5-4-8-16-9-11)13-14(19(21)22-18-13)12-6-2-1-3-7-12/h1-9H,10H2,(H,17,20). The molecule has 110 valence electrons. The first-order valence-corrected chi connectivity index (χ1v) is 6.58. The number of pyridine rings is 1. The van der Waals surface area contributed by atoms with Crippen molar-refractivity contribution in [1.29, 1.82) is 0 Å². The maximum atomic E-state index is 12.2. The van der Waals surface area contributed by atoms with Crippen LogP contribution in [0.4, 0.5) is 0 Å². The fourth-order valence-electron chi connectivity index (χ4n) is 2.00. The van der Waals surface area contributed by atoms with Crippen LogP contribution in [-0.2, 0) is 6.54 Å². The van der Waals surface area contributed by atoms with Crippen LogP contribution in [0.3, 0.4) is 0 Å². The molecule has 0 unspecified atom stereocenters. The van der Waals surface area contributed by atoms with Gasteiger partial charge in [-0.25, -0.2) is 0 Å². The summed E-state index contributed by atoms with van der Waals surface area (Å²) in [6.45, 7) is 0.284. The van der Waals surface area contributed by atoms with E-state index in [4.69, 9.17) is 0 Å². The number of rotatable bonds is 4. The minimum Gasteiger partial charge on any atom is -0.359 e. The quantitative estimate of drug-likeness (QED) is 0.732. The zero-order chi connectivity index (χ0) is 15.4. The predicted molar refractivity (Wildman–Crippen MR) is 76.3 cm³/mol. The number of nitrogens with zero attached hydrogens (tertiary/aromatic N) is 3. The summed E-state index contributed by atoms with van der Waals surface area (Å²) in [6, 6.07) is 12.4. The van der Waals surface area contributed by atoms with Crippen LogP contribution in [0.25, 0.3) is 11.3 Å². The highest BCUT2D eigenvalue weighted by molar-refractivity contribution is 5.97. The maximum Gasteiger partial charge on any atom is 0.313 e. The van der Waals surface area contributed by atoms with Gasteiger partial charge in [0.05, 0.1) is 5.16 Å². The van der Waals surface area contributed by atoms with Crippen LogP contribution >= 0.6 is 0 Å². The molecule has 7 nitrogen and oxygen atoms in total. The Kier molecular flexibility index (Phi) is 3.78. The van der Waals surface area contributed by atoms with Gasteiger partial charge >= 0.3 is 11.6 Å². The predicted octanol–water partition coefficient (Wildman–Crippen LogP) is 1.30. The molecule has 0 saturated heterocycles. The second kappa shape index (κ2) is 6.04. The van der Waals surface area contributed by atoms with Gasteiger partial charge in [-0.15, -0.1) is 0 Å². The highest BCUT2D eigenvalue weighted by Gasteiger charge is 2.27. The molecule has 0 spiro atoms. The summed E-state index contributed by atoms with van der Waals surface area (Å²) >= 11 is 0. The van der Waals surface area contributed by atoms with Gasteiger partial charge in [-0.3, -0.25) is 14.4 Å². The second-order valence-corrected chi connectivity index (χ2v) is 4.54. The van der Waals surface area contributed by atoms with E-state index in [2.05, 4.69) is 20.1 Å². The third-order valence-electron chi connectivity index (χ3n) is 3.05. The molecule has 0 radical (unpaired) electrons. The largest absolute Gasteiger partial charge is 0.359 e. The van der Waals surface area contributed by atoms with Crippen molar-refractivity contribution in [2.45, 2.75) is 6.54 Å². The van der Waals surface area contributed by atoms with Crippen molar-refractivity contribution < 1.29 is 14.3 Å². The number of nitrogens with one attached hydrogen (secondary N) is 1. The molecule has 1 N–H and O–H groups in total. The first kappa shape index (κ1) is 13.7. The van der Waals surface area contributed by atoms with Gasteiger partial charge in [-0.05, 0) is 16.5 Å². The van der Waals surface area contributed by atoms with Crippen molar-refractivity contribution in [3.63, 3.8) is 0 Å². The number of carbonyl (C=O) groups is 1. The maximum absolute atomic E-state index is 12.2. The molecule has 0 aliphatic carbocycles. The topological polar surface area (TPSA) is 95.0 Å². The first-order chi connectivity index (χ1) is 10.8. The van der Waals surface area contributed by atoms with Gasteiger partial charge in [0, 0.05) is 24.5 Å². The second-order valence-electron chi connectivity index (χ2n) is 4.54. The molecule has 3 aromatic rings. The molecular weight excluding hydrogens is 284 g/mol. The summed E-state index contributed by atoms with van der Waals surface area (Å²) in [5, 5.41) is 18.0. The number of hydrogen-bond donors (Lipinski definition) is 1. The van der Waals surface area contributed by atoms with Crippen LogP contribution < -0.4 is 10.2 Å². The van der Waals surface area contributed by atoms with Crippen LogP contribution in [0.2, 0.25) is 0 Å². The Balaban J connectivity index is 1.82. The minimum absolute atomic E-state index is 0.0508. The Hall–Kier alpha value is -3.22. The van der Waals surface area contributed by atoms with Gasteiger partial charge in [0.2, 0.25) is 5.69 Å². The number of carbonyl (C=O) groups excluding carboxylic acids is 1. The van der Waals surface area contributed by atoms with Crippen LogP contribution in [0.1, 0.15) is 16.1 Å². The average Bonchev–Trinajstić information content (AvgIpc) is 2.96. The van der Waals surface area contributed by atoms with Gasteiger partial charge in [0.15, 0.2) is 0 Å². The lowest BCUT2D eigenvalue weighted by Crippen LogP contribution is -2.29. The van der Waals surface area contributed by atoms with Gasteiger partial charge in [-0.1, -0.05) is 36.4 Å². The smallest absolute Gasteiger partial charge is 0.313 e. The van der Waals surface area contributed by atoms with Crippen molar-refractivity contribution in [2.75, 3.05) is 0 Å². The van der Waals surface area contributed by atoms with Crippen LogP contribution in [-0.4, -0.2) is 16.0 Å². The van der Waals surface area contributed by atoms with E-state index in [1.165, 1.54) is 0 Å². The molecule has 0 aliphatic rings. The highest BCUT2D eigenvalue weighted by Crippen LogP contribution is 2.18. The van der Waals surface area contributed by atoms with E-state index in [0.29, 0.717) is 5.56 Å². The molecule has 2 aromatic heterocycles. The van der Waals surface area contributed by atoms with E-state index in [-0.39, 0.29) is 22.8 Å². The van der Waals surface area contributed by atoms with E-state index in [1.54, 1.807) is 42.7 Å². The molecule has 0 bridgehead atoms. The number of aromatic nitrogens is 3. The number of benzene rings is 1. The molecule has 0 fully saturated rings. The van der Waals surface area contributed by atoms with Gasteiger partial charge in [0.25, 0.3) is 0 Å². The van der Waals surface area contributed by atoms with Crippen LogP contribution in [0, 0.1) is 5.21 Å². The van der Waals surface area contributed by atoms with E-state index >= 15 is 0 Å². The lowest BCUT2D eigenvalue weighted by atomic mass is 10.1. The molecule has 0 aliphatic heterocycles. The van der Waals surface area contributed by atoms with Gasteiger partial charge < -0.3 is 10.5 Å². The number of hydrogen-bond acceptors (Lipinski definition) is 5. The summed E-state index contributed by atoms with van der Waals surface area (Å²) in [5.74, 6) is -0.485. The average molecular weight is 296 g/mol. The summed E-state index contributed by atoms with van der Waals surface area (Å²) in [6.07, 6.45) is 3.30. The SMILES string of the molecule is O=C(NCc1cccnc1)c1no[n+]([O-])c1-c1ccccc1. The third-order valence-corrected chi connectivity index (χ3v) is 3.05. The lowest BCUT2D eigenvalue weighted by molar-refractivity contribution is -0.793. The van der Waals surface area contributed by atoms with E-state index in [1.807, 2.05) is 12.1 Å². The van der Waals surface area contributed by atoms with Crippen molar-refractivity contribution in [2.24, 2.45) is 0 Å². The normalized spacial score (nSPS) is 10.4. The van der Waals surface area contributed by atoms with Gasteiger partial charge in [0.1, 0.15) is 0 Å². The molecule has 0 saturated carbocycles. The Bertz CT molecular complexity index is 772. The van der Waals surface area contributed by atoms with Crippen molar-refractivity contribution in [1.82, 2.24) is 15.5 Å². The number of amides is 1. The molecule has 0 atom stereocenters. The van der Waals surface area contributed by atoms with Crippen molar-refractivity contribution >= 4 is 5.91 Å². The zero-order valence-electron chi connectivity index (χ0n) is 11.5. The molecule has 1 aromatic carbocycles. The zero-order valence-corrected chi connectivity index (χ0v) is 11.5. The van der Waals surface area contributed by atoms with Crippen molar-refractivity contribution in [3.05, 3.63) is 71.3 Å². The molecule has 3 rings (SSSR count). The molecule has 1 amide bonds. The Morgan fingerprint density at radius 3 is 2.77 bits per heavy atom. The summed E-state index contributed by atoms with van der Waals surface area (Å²) in [7, 11) is 0. The summed E-state index contributed by atoms with van der Waals surface area (Å²) in [5.41, 5.74) is 1.44. The van der Waals surface area contributed by atoms with E-state index in [9.17, 15) is 10.0 Å². The van der Waals surface area contributed by atoms with Crippen LogP contribution in [0.15, 0.2) is 59.5 Å². The van der Waals surface area contributed by atoms with Gasteiger partial charge in [-0.2, -0.15) is 0 Å².